The molecule has 1 saturated carbocycles. The Labute approximate surface area is 74.0 Å². The second-order valence-electron chi connectivity index (χ2n) is 4.82. The largest absolute Gasteiger partial charge is 0.393 e. The number of Topliss-reactive ketones (excluding diaryl/α,β-unsaturated/α-hetero) is 1. The quantitative estimate of drug-likeness (QED) is 0.601. The second-order valence-corrected chi connectivity index (χ2v) is 4.82. The molecule has 0 spiro atoms. The van der Waals surface area contributed by atoms with Crippen molar-refractivity contribution in [2.24, 2.45) is 11.3 Å². The Morgan fingerprint density at radius 1 is 1.33 bits per heavy atom. The topological polar surface area (TPSA) is 37.3 Å². The molecule has 1 rings (SSSR count). The fourth-order valence-electron chi connectivity index (χ4n) is 1.91. The molecule has 0 aliphatic heterocycles. The van der Waals surface area contributed by atoms with Gasteiger partial charge in [0.15, 0.2) is 0 Å². The fraction of sp³-hybridized carbons (Fsp3) is 0.900. The first-order valence-corrected chi connectivity index (χ1v) is 4.62. The average molecular weight is 170 g/mol. The van der Waals surface area contributed by atoms with Gasteiger partial charge in [0.25, 0.3) is 0 Å². The molecular weight excluding hydrogens is 152 g/mol. The number of aliphatic hydroxyl groups is 1. The van der Waals surface area contributed by atoms with E-state index >= 15 is 0 Å². The maximum Gasteiger partial charge on any atom is 0.139 e. The van der Waals surface area contributed by atoms with E-state index < -0.39 is 0 Å². The van der Waals surface area contributed by atoms with E-state index in [4.69, 9.17) is 0 Å². The van der Waals surface area contributed by atoms with Crippen molar-refractivity contribution in [2.75, 3.05) is 0 Å². The van der Waals surface area contributed by atoms with Gasteiger partial charge in [0.05, 0.1) is 6.10 Å². The number of rotatable bonds is 0. The van der Waals surface area contributed by atoms with Crippen molar-refractivity contribution in [1.29, 1.82) is 0 Å². The maximum atomic E-state index is 11.5. The molecule has 2 unspecified atom stereocenters. The minimum atomic E-state index is -0.379. The molecule has 1 aliphatic rings. The Hall–Kier alpha value is -0.370. The lowest BCUT2D eigenvalue weighted by atomic mass is 9.71. The molecule has 2 nitrogen and oxygen atoms in total. The zero-order valence-corrected chi connectivity index (χ0v) is 8.13. The van der Waals surface area contributed by atoms with Gasteiger partial charge < -0.3 is 5.11 Å². The highest BCUT2D eigenvalue weighted by atomic mass is 16.3. The summed E-state index contributed by atoms with van der Waals surface area (Å²) >= 11 is 0. The molecule has 0 bridgehead atoms. The predicted molar refractivity (Wildman–Crippen MR) is 47.8 cm³/mol. The van der Waals surface area contributed by atoms with Crippen molar-refractivity contribution in [2.45, 2.75) is 46.1 Å². The summed E-state index contributed by atoms with van der Waals surface area (Å²) in [7, 11) is 0. The van der Waals surface area contributed by atoms with Crippen molar-refractivity contribution in [3.05, 3.63) is 0 Å². The zero-order chi connectivity index (χ0) is 9.35. The van der Waals surface area contributed by atoms with Crippen LogP contribution in [-0.2, 0) is 4.79 Å². The van der Waals surface area contributed by atoms with Gasteiger partial charge in [0.1, 0.15) is 5.78 Å². The van der Waals surface area contributed by atoms with Crippen LogP contribution in [-0.4, -0.2) is 17.0 Å². The highest BCUT2D eigenvalue weighted by Gasteiger charge is 2.35. The Morgan fingerprint density at radius 2 is 1.92 bits per heavy atom. The minimum Gasteiger partial charge on any atom is -0.393 e. The number of hydrogen-bond donors (Lipinski definition) is 1. The van der Waals surface area contributed by atoms with Gasteiger partial charge in [-0.25, -0.2) is 0 Å². The summed E-state index contributed by atoms with van der Waals surface area (Å²) in [5, 5.41) is 9.24. The molecule has 0 aromatic heterocycles. The molecule has 1 N–H and O–H groups in total. The summed E-state index contributed by atoms with van der Waals surface area (Å²) in [6, 6.07) is 0. The summed E-state index contributed by atoms with van der Waals surface area (Å²) in [4.78, 5) is 11.5. The second kappa shape index (κ2) is 3.17. The number of hydrogen-bond acceptors (Lipinski definition) is 2. The summed E-state index contributed by atoms with van der Waals surface area (Å²) in [5.41, 5.74) is 0.0667. The van der Waals surface area contributed by atoms with Crippen LogP contribution in [0.15, 0.2) is 0 Å². The first kappa shape index (κ1) is 9.72. The number of carbonyl (C=O) groups is 1. The zero-order valence-electron chi connectivity index (χ0n) is 8.13. The van der Waals surface area contributed by atoms with Gasteiger partial charge in [-0.3, -0.25) is 4.79 Å². The van der Waals surface area contributed by atoms with E-state index in [1.807, 2.05) is 0 Å². The van der Waals surface area contributed by atoms with Crippen LogP contribution in [0.1, 0.15) is 40.0 Å². The van der Waals surface area contributed by atoms with Gasteiger partial charge in [-0.1, -0.05) is 20.8 Å². The Kier molecular flexibility index (Phi) is 2.57. The molecule has 0 aromatic carbocycles. The van der Waals surface area contributed by atoms with Gasteiger partial charge in [-0.2, -0.15) is 0 Å². The van der Waals surface area contributed by atoms with E-state index in [1.165, 1.54) is 0 Å². The summed E-state index contributed by atoms with van der Waals surface area (Å²) in [6.07, 6.45) is 1.62. The minimum absolute atomic E-state index is 0.0667. The fourth-order valence-corrected chi connectivity index (χ4v) is 1.91. The first-order valence-electron chi connectivity index (χ1n) is 4.62. The van der Waals surface area contributed by atoms with Gasteiger partial charge >= 0.3 is 0 Å². The van der Waals surface area contributed by atoms with Crippen molar-refractivity contribution < 1.29 is 9.90 Å². The molecule has 0 heterocycles. The van der Waals surface area contributed by atoms with Gasteiger partial charge in [0.2, 0.25) is 0 Å². The van der Waals surface area contributed by atoms with E-state index in [9.17, 15) is 9.90 Å². The van der Waals surface area contributed by atoms with Crippen LogP contribution in [0.25, 0.3) is 0 Å². The lowest BCUT2D eigenvalue weighted by molar-refractivity contribution is -0.131. The highest BCUT2D eigenvalue weighted by molar-refractivity contribution is 5.82. The van der Waals surface area contributed by atoms with E-state index in [0.717, 1.165) is 12.8 Å². The Balaban J connectivity index is 2.63. The third-order valence-electron chi connectivity index (χ3n) is 2.66. The monoisotopic (exact) mass is 170 g/mol. The van der Waals surface area contributed by atoms with E-state index in [0.29, 0.717) is 6.42 Å². The summed E-state index contributed by atoms with van der Waals surface area (Å²) in [6.45, 7) is 6.27. The SMILES string of the molecule is CC(C)(C)C1CCC(O)CC1=O. The van der Waals surface area contributed by atoms with Gasteiger partial charge in [-0.15, -0.1) is 0 Å². The van der Waals surface area contributed by atoms with Crippen LogP contribution in [0, 0.1) is 11.3 Å². The molecule has 0 radical (unpaired) electrons. The van der Waals surface area contributed by atoms with Crippen LogP contribution in [0.5, 0.6) is 0 Å². The lowest BCUT2D eigenvalue weighted by Gasteiger charge is -2.34. The average Bonchev–Trinajstić information content (AvgIpc) is 1.83. The molecule has 1 fully saturated rings. The predicted octanol–water partition coefficient (Wildman–Crippen LogP) is 1.76. The maximum absolute atomic E-state index is 11.5. The standard InChI is InChI=1S/C10H18O2/c1-10(2,3)8-5-4-7(11)6-9(8)12/h7-8,11H,4-6H2,1-3H3. The molecule has 0 amide bonds. The van der Waals surface area contributed by atoms with Crippen molar-refractivity contribution in [3.63, 3.8) is 0 Å². The van der Waals surface area contributed by atoms with Crippen LogP contribution in [0.3, 0.4) is 0 Å². The van der Waals surface area contributed by atoms with Crippen LogP contribution >= 0.6 is 0 Å². The molecule has 0 aromatic rings. The van der Waals surface area contributed by atoms with Crippen molar-refractivity contribution >= 4 is 5.78 Å². The normalized spacial score (nSPS) is 32.2. The van der Waals surface area contributed by atoms with E-state index in [-0.39, 0.29) is 23.2 Å². The first-order chi connectivity index (χ1) is 5.41. The van der Waals surface area contributed by atoms with Gasteiger partial charge in [-0.05, 0) is 18.3 Å². The molecule has 2 heteroatoms. The Morgan fingerprint density at radius 3 is 2.33 bits per heavy atom. The summed E-state index contributed by atoms with van der Waals surface area (Å²) < 4.78 is 0. The molecule has 12 heavy (non-hydrogen) atoms. The van der Waals surface area contributed by atoms with Crippen LogP contribution in [0.2, 0.25) is 0 Å². The summed E-state index contributed by atoms with van der Waals surface area (Å²) in [5.74, 6) is 0.391. The third-order valence-corrected chi connectivity index (χ3v) is 2.66. The van der Waals surface area contributed by atoms with E-state index in [2.05, 4.69) is 20.8 Å². The van der Waals surface area contributed by atoms with E-state index in [1.54, 1.807) is 0 Å². The molecule has 1 aliphatic carbocycles. The number of ketones is 1. The molecule has 2 atom stereocenters. The lowest BCUT2D eigenvalue weighted by Crippen LogP contribution is -2.35. The number of carbonyl (C=O) groups excluding carboxylic acids is 1. The van der Waals surface area contributed by atoms with Crippen LogP contribution < -0.4 is 0 Å². The van der Waals surface area contributed by atoms with Crippen LogP contribution in [0.4, 0.5) is 0 Å². The van der Waals surface area contributed by atoms with Gasteiger partial charge in [0, 0.05) is 12.3 Å². The third kappa shape index (κ3) is 2.07. The van der Waals surface area contributed by atoms with Crippen molar-refractivity contribution in [3.8, 4) is 0 Å². The van der Waals surface area contributed by atoms with Crippen molar-refractivity contribution in [1.82, 2.24) is 0 Å². The molecule has 0 saturated heterocycles. The molecular formula is C10H18O2. The highest BCUT2D eigenvalue weighted by Crippen LogP contribution is 2.35. The smallest absolute Gasteiger partial charge is 0.139 e. The Bertz CT molecular complexity index is 179. The number of aliphatic hydroxyl groups excluding tert-OH is 1. The molecule has 70 valence electrons.